The lowest BCUT2D eigenvalue weighted by Crippen LogP contribution is -2.42. The van der Waals surface area contributed by atoms with E-state index in [9.17, 15) is 26.4 Å². The lowest BCUT2D eigenvalue weighted by Gasteiger charge is -2.35. The van der Waals surface area contributed by atoms with Crippen molar-refractivity contribution in [1.29, 1.82) is 0 Å². The van der Waals surface area contributed by atoms with E-state index in [-0.39, 0.29) is 17.3 Å². The minimum absolute atomic E-state index is 0.0784. The molecule has 2 aliphatic rings. The summed E-state index contributed by atoms with van der Waals surface area (Å²) < 4.78 is 70.2. The average Bonchev–Trinajstić information content (AvgIpc) is 2.89. The van der Waals surface area contributed by atoms with Crippen molar-refractivity contribution in [3.05, 3.63) is 34.9 Å². The van der Waals surface area contributed by atoms with E-state index < -0.39 is 38.6 Å². The first-order chi connectivity index (χ1) is 13.2. The Morgan fingerprint density at radius 1 is 1.28 bits per heavy atom. The van der Waals surface area contributed by atoms with Crippen LogP contribution in [0.15, 0.2) is 23.4 Å². The van der Waals surface area contributed by atoms with Crippen LogP contribution in [-0.4, -0.2) is 31.8 Å². The third kappa shape index (κ3) is 3.69. The Labute approximate surface area is 168 Å². The van der Waals surface area contributed by atoms with Crippen molar-refractivity contribution in [2.45, 2.75) is 53.1 Å². The molecule has 0 aromatic heterocycles. The van der Waals surface area contributed by atoms with Crippen molar-refractivity contribution >= 4 is 21.6 Å². The Hall–Kier alpha value is -1.90. The number of benzene rings is 1. The number of hydrogen-bond acceptors (Lipinski definition) is 5. The Morgan fingerprint density at radius 3 is 2.41 bits per heavy atom. The highest BCUT2D eigenvalue weighted by molar-refractivity contribution is 7.86. The summed E-state index contributed by atoms with van der Waals surface area (Å²) >= 11 is 0. The van der Waals surface area contributed by atoms with E-state index in [2.05, 4.69) is 9.44 Å². The molecular weight excluding hydrogens is 407 g/mol. The molecule has 5 nitrogen and oxygen atoms in total. The second-order valence-electron chi connectivity index (χ2n) is 8.70. The number of ketones is 1. The van der Waals surface area contributed by atoms with Gasteiger partial charge >= 0.3 is 16.3 Å². The third-order valence-electron chi connectivity index (χ3n) is 6.71. The summed E-state index contributed by atoms with van der Waals surface area (Å²) in [6.45, 7) is 6.89. The first kappa shape index (κ1) is 21.8. The molecule has 1 aromatic rings. The number of alkyl halides is 3. The van der Waals surface area contributed by atoms with Crippen molar-refractivity contribution in [1.82, 2.24) is 0 Å². The van der Waals surface area contributed by atoms with E-state index in [1.807, 2.05) is 13.8 Å². The lowest BCUT2D eigenvalue weighted by molar-refractivity contribution is -0.128. The van der Waals surface area contributed by atoms with Crippen LogP contribution >= 0.6 is 0 Å². The van der Waals surface area contributed by atoms with Crippen LogP contribution in [0.2, 0.25) is 0 Å². The number of halogens is 3. The molecule has 9 heteroatoms. The Bertz CT molecular complexity index is 982. The normalized spacial score (nSPS) is 26.8. The van der Waals surface area contributed by atoms with Gasteiger partial charge in [0.05, 0.1) is 5.41 Å². The summed E-state index contributed by atoms with van der Waals surface area (Å²) in [4.78, 5) is 12.5. The van der Waals surface area contributed by atoms with Crippen molar-refractivity contribution < 1.29 is 30.7 Å². The van der Waals surface area contributed by atoms with Gasteiger partial charge in [0.25, 0.3) is 0 Å². The number of aryl methyl sites for hydroxylation is 2. The van der Waals surface area contributed by atoms with Gasteiger partial charge in [0.1, 0.15) is 11.5 Å². The van der Waals surface area contributed by atoms with E-state index >= 15 is 0 Å². The van der Waals surface area contributed by atoms with E-state index in [1.165, 1.54) is 19.1 Å². The van der Waals surface area contributed by atoms with E-state index in [4.69, 9.17) is 0 Å². The number of nitrogens with zero attached hydrogens (tertiary/aromatic N) is 1. The lowest BCUT2D eigenvalue weighted by atomic mass is 9.70. The summed E-state index contributed by atoms with van der Waals surface area (Å²) in [6.07, 6.45) is -3.51. The van der Waals surface area contributed by atoms with Gasteiger partial charge < -0.3 is 0 Å². The molecule has 2 unspecified atom stereocenters. The van der Waals surface area contributed by atoms with Crippen molar-refractivity contribution in [3.63, 3.8) is 0 Å². The first-order valence-corrected chi connectivity index (χ1v) is 10.9. The number of oxime groups is 1. The maximum Gasteiger partial charge on any atom is 0.437 e. The van der Waals surface area contributed by atoms with Crippen LogP contribution in [0, 0.1) is 30.6 Å². The molecule has 2 saturated carbocycles. The summed E-state index contributed by atoms with van der Waals surface area (Å²) in [5.41, 5.74) is -2.30. The smallest absolute Gasteiger partial charge is 0.299 e. The maximum atomic E-state index is 13.5. The monoisotopic (exact) mass is 431 g/mol. The standard InChI is InChI=1S/C20H24F3NO4S/c1-12-5-6-15(13(2)9-12)17(20(21,22)23)24-28-29(26,27)11-19-8-7-14(10-16(19)25)18(19,3)4/h5-6,9,14H,7-8,10-11H2,1-4H3/b24-17-. The van der Waals surface area contributed by atoms with Crippen LogP contribution in [0.25, 0.3) is 0 Å². The summed E-state index contributed by atoms with van der Waals surface area (Å²) in [6, 6.07) is 4.26. The molecule has 160 valence electrons. The number of carbonyl (C=O) groups is 1. The SMILES string of the molecule is Cc1ccc(/C(=N/OS(=O)(=O)CC23CCC(CC2=O)C3(C)C)C(F)(F)F)c(C)c1. The fraction of sp³-hybridized carbons (Fsp3) is 0.600. The zero-order valence-corrected chi connectivity index (χ0v) is 17.6. The number of carbonyl (C=O) groups excluding carboxylic acids is 1. The van der Waals surface area contributed by atoms with Crippen LogP contribution in [0.5, 0.6) is 0 Å². The van der Waals surface area contributed by atoms with Gasteiger partial charge in [-0.3, -0.25) is 9.08 Å². The largest absolute Gasteiger partial charge is 0.437 e. The van der Waals surface area contributed by atoms with Crippen molar-refractivity contribution in [3.8, 4) is 0 Å². The van der Waals surface area contributed by atoms with Gasteiger partial charge in [-0.25, -0.2) is 0 Å². The van der Waals surface area contributed by atoms with Crippen molar-refractivity contribution in [2.75, 3.05) is 5.75 Å². The van der Waals surface area contributed by atoms with Crippen molar-refractivity contribution in [2.24, 2.45) is 21.9 Å². The summed E-state index contributed by atoms with van der Waals surface area (Å²) in [5.74, 6) is -0.751. The quantitative estimate of drug-likeness (QED) is 0.514. The molecule has 3 rings (SSSR count). The highest BCUT2D eigenvalue weighted by Gasteiger charge is 2.65. The molecule has 0 saturated heterocycles. The predicted octanol–water partition coefficient (Wildman–Crippen LogP) is 4.31. The third-order valence-corrected chi connectivity index (χ3v) is 7.86. The van der Waals surface area contributed by atoms with Gasteiger partial charge in [-0.1, -0.05) is 42.8 Å². The number of fused-ring (bicyclic) bond motifs is 2. The van der Waals surface area contributed by atoms with Gasteiger partial charge in [-0.2, -0.15) is 21.6 Å². The molecule has 1 aromatic carbocycles. The van der Waals surface area contributed by atoms with Gasteiger partial charge in [-0.15, -0.1) is 0 Å². The fourth-order valence-electron chi connectivity index (χ4n) is 4.86. The van der Waals surface area contributed by atoms with Crippen LogP contribution in [0.4, 0.5) is 13.2 Å². The number of Topliss-reactive ketones (excluding diaryl/α,β-unsaturated/α-hetero) is 1. The number of rotatable bonds is 5. The molecule has 2 fully saturated rings. The topological polar surface area (TPSA) is 72.8 Å². The highest BCUT2D eigenvalue weighted by Crippen LogP contribution is 2.64. The molecule has 2 bridgehead atoms. The highest BCUT2D eigenvalue weighted by atomic mass is 32.2. The molecule has 0 spiro atoms. The molecule has 0 amide bonds. The molecule has 0 aliphatic heterocycles. The summed E-state index contributed by atoms with van der Waals surface area (Å²) in [7, 11) is -4.51. The molecule has 0 radical (unpaired) electrons. The first-order valence-electron chi connectivity index (χ1n) is 9.37. The van der Waals surface area contributed by atoms with E-state index in [1.54, 1.807) is 13.0 Å². The molecule has 0 heterocycles. The minimum atomic E-state index is -4.91. The zero-order chi connectivity index (χ0) is 21.8. The van der Waals surface area contributed by atoms with Crippen LogP contribution in [0.1, 0.15) is 49.8 Å². The Morgan fingerprint density at radius 2 is 1.93 bits per heavy atom. The predicted molar refractivity (Wildman–Crippen MR) is 102 cm³/mol. The van der Waals surface area contributed by atoms with Crippen LogP contribution < -0.4 is 0 Å². The second kappa shape index (κ2) is 6.82. The molecule has 2 atom stereocenters. The molecule has 0 N–H and O–H groups in total. The Balaban J connectivity index is 1.92. The summed E-state index contributed by atoms with van der Waals surface area (Å²) in [5, 5.41) is 3.01. The van der Waals surface area contributed by atoms with Gasteiger partial charge in [-0.05, 0) is 43.6 Å². The molecule has 2 aliphatic carbocycles. The van der Waals surface area contributed by atoms with Gasteiger partial charge in [0.15, 0.2) is 5.71 Å². The van der Waals surface area contributed by atoms with Gasteiger partial charge in [0, 0.05) is 12.0 Å². The Kier molecular flexibility index (Phi) is 5.13. The van der Waals surface area contributed by atoms with E-state index in [0.29, 0.717) is 24.8 Å². The maximum absolute atomic E-state index is 13.5. The van der Waals surface area contributed by atoms with Crippen LogP contribution in [-0.2, 0) is 19.2 Å². The van der Waals surface area contributed by atoms with E-state index in [0.717, 1.165) is 5.56 Å². The second-order valence-corrected chi connectivity index (χ2v) is 10.3. The number of hydrogen-bond donors (Lipinski definition) is 0. The molecule has 29 heavy (non-hydrogen) atoms. The zero-order valence-electron chi connectivity index (χ0n) is 16.8. The molecular formula is C20H24F3NO4S. The minimum Gasteiger partial charge on any atom is -0.299 e. The van der Waals surface area contributed by atoms with Crippen LogP contribution in [0.3, 0.4) is 0 Å². The average molecular weight is 431 g/mol. The fourth-order valence-corrected chi connectivity index (χ4v) is 6.38. The van der Waals surface area contributed by atoms with Gasteiger partial charge in [0.2, 0.25) is 0 Å².